The van der Waals surface area contributed by atoms with Crippen LogP contribution in [0.5, 0.6) is 0 Å². The molecule has 0 spiro atoms. The van der Waals surface area contributed by atoms with Crippen LogP contribution in [-0.2, 0) is 54.2 Å². The van der Waals surface area contributed by atoms with Gasteiger partial charge in [-0.2, -0.15) is 38.7 Å². The summed E-state index contributed by atoms with van der Waals surface area (Å²) in [5, 5.41) is 0. The van der Waals surface area contributed by atoms with Gasteiger partial charge in [0.25, 0.3) is 10.1 Å². The first-order valence-corrected chi connectivity index (χ1v) is 7.80. The van der Waals surface area contributed by atoms with Gasteiger partial charge < -0.3 is 4.74 Å². The molecule has 0 saturated heterocycles. The van der Waals surface area contributed by atoms with E-state index in [0.29, 0.717) is 18.4 Å². The molecule has 2 rings (SSSR count). The Morgan fingerprint density at radius 2 is 1.64 bits per heavy atom. The van der Waals surface area contributed by atoms with Crippen LogP contribution in [-0.4, -0.2) is 25.2 Å². The van der Waals surface area contributed by atoms with Crippen molar-refractivity contribution in [3.05, 3.63) is 71.8 Å². The second kappa shape index (κ2) is 10.6. The summed E-state index contributed by atoms with van der Waals surface area (Å²) < 4.78 is 31.0. The molecule has 22 heavy (non-hydrogen) atoms. The molecule has 0 aliphatic carbocycles. The number of hydrogen-bond acceptors (Lipinski definition) is 4. The van der Waals surface area contributed by atoms with Crippen LogP contribution in [0.4, 0.5) is 0 Å². The molecule has 2 aromatic carbocycles. The van der Waals surface area contributed by atoms with Crippen LogP contribution in [0.3, 0.4) is 0 Å². The van der Waals surface area contributed by atoms with Gasteiger partial charge in [0.05, 0.1) is 6.26 Å². The zero-order chi connectivity index (χ0) is 15.7. The molecule has 0 amide bonds. The number of carbonyl (C=O) groups is 1. The van der Waals surface area contributed by atoms with Gasteiger partial charge >= 0.3 is 5.97 Å². The molecule has 0 heterocycles. The molecule has 0 atom stereocenters. The fraction of sp³-hybridized carbons (Fsp3) is 0.133. The summed E-state index contributed by atoms with van der Waals surface area (Å²) in [7, 11) is -3.67. The van der Waals surface area contributed by atoms with Gasteiger partial charge in [0.1, 0.15) is 6.61 Å². The topological polar surface area (TPSA) is 80.7 Å². The monoisotopic (exact) mass is 396 g/mol. The Bertz CT molecular complexity index is 649. The van der Waals surface area contributed by atoms with Crippen molar-refractivity contribution in [3.63, 3.8) is 0 Å². The quantitative estimate of drug-likeness (QED) is 0.490. The van der Waals surface area contributed by atoms with E-state index in [2.05, 4.69) is 6.07 Å². The Morgan fingerprint density at radius 1 is 1.14 bits per heavy atom. The first kappa shape index (κ1) is 20.9. The fourth-order valence-corrected chi connectivity index (χ4v) is 1.33. The minimum absolute atomic E-state index is 0. The predicted molar refractivity (Wildman–Crippen MR) is 78.3 cm³/mol. The van der Waals surface area contributed by atoms with Crippen molar-refractivity contribution in [1.82, 2.24) is 0 Å². The van der Waals surface area contributed by atoms with E-state index in [9.17, 15) is 13.2 Å². The predicted octanol–water partition coefficient (Wildman–Crippen LogP) is 2.35. The Labute approximate surface area is 155 Å². The molecule has 115 valence electrons. The second-order valence-corrected chi connectivity index (χ2v) is 5.55. The Balaban J connectivity index is 0.000000644. The Kier molecular flexibility index (Phi) is 10.1. The fourth-order valence-electron chi connectivity index (χ4n) is 1.33. The van der Waals surface area contributed by atoms with Crippen LogP contribution in [0.15, 0.2) is 54.6 Å². The van der Waals surface area contributed by atoms with Gasteiger partial charge in [-0.1, -0.05) is 30.3 Å². The Hall–Kier alpha value is -1.08. The summed E-state index contributed by atoms with van der Waals surface area (Å²) in [5.41, 5.74) is 1.54. The molecule has 0 unspecified atom stereocenters. The number of benzene rings is 2. The van der Waals surface area contributed by atoms with Gasteiger partial charge in [-0.25, -0.2) is 4.79 Å². The van der Waals surface area contributed by atoms with Crippen LogP contribution in [0.2, 0.25) is 0 Å². The summed E-state index contributed by atoms with van der Waals surface area (Å²) in [6, 6.07) is 19.2. The number of carbonyl (C=O) groups excluding carboxylic acids is 1. The second-order valence-electron chi connectivity index (χ2n) is 4.08. The molecular weight excluding hydrogens is 381 g/mol. The molecule has 0 aliphatic rings. The molecule has 1 N–H and O–H groups in total. The van der Waals surface area contributed by atoms with E-state index in [1.165, 1.54) is 0 Å². The van der Waals surface area contributed by atoms with E-state index in [1.807, 2.05) is 30.3 Å². The standard InChI is InChI=1S/C14H11O2.CH4O3S.Y/c15-14(13-9-5-2-6-10-13)16-11-12-7-3-1-4-8-12;1-5(2,3)4;/h1,3-10H,11H2;1H3,(H,2,3,4);/q-1;;. The first-order valence-electron chi connectivity index (χ1n) is 5.96. The maximum atomic E-state index is 11.6. The van der Waals surface area contributed by atoms with Crippen LogP contribution in [0, 0.1) is 6.07 Å². The molecule has 0 aliphatic heterocycles. The van der Waals surface area contributed by atoms with E-state index < -0.39 is 10.1 Å². The normalized spacial score (nSPS) is 9.73. The van der Waals surface area contributed by atoms with Crippen molar-refractivity contribution in [3.8, 4) is 0 Å². The molecular formula is C15H15O5SY-. The van der Waals surface area contributed by atoms with Gasteiger partial charge in [-0.05, 0) is 11.1 Å². The van der Waals surface area contributed by atoms with Crippen molar-refractivity contribution in [1.29, 1.82) is 0 Å². The first-order chi connectivity index (χ1) is 9.86. The third-order valence-electron chi connectivity index (χ3n) is 2.17. The van der Waals surface area contributed by atoms with Gasteiger partial charge in [0.2, 0.25) is 0 Å². The number of ether oxygens (including phenoxy) is 1. The minimum Gasteiger partial charge on any atom is -0.459 e. The zero-order valence-corrected chi connectivity index (χ0v) is 15.6. The van der Waals surface area contributed by atoms with Crippen molar-refractivity contribution < 1.29 is 55.2 Å². The third kappa shape index (κ3) is 10.6. The summed E-state index contributed by atoms with van der Waals surface area (Å²) >= 11 is 0. The van der Waals surface area contributed by atoms with Crippen molar-refractivity contribution in [2.75, 3.05) is 6.26 Å². The molecule has 0 aromatic heterocycles. The van der Waals surface area contributed by atoms with E-state index >= 15 is 0 Å². The number of rotatable bonds is 3. The maximum absolute atomic E-state index is 11.6. The average Bonchev–Trinajstić information content (AvgIpc) is 2.45. The molecule has 0 saturated carbocycles. The summed E-state index contributed by atoms with van der Waals surface area (Å²) in [4.78, 5) is 11.6. The van der Waals surface area contributed by atoms with Crippen LogP contribution < -0.4 is 0 Å². The molecule has 2 aromatic rings. The van der Waals surface area contributed by atoms with Crippen LogP contribution in [0.1, 0.15) is 15.9 Å². The smallest absolute Gasteiger partial charge is 0.313 e. The van der Waals surface area contributed by atoms with E-state index in [4.69, 9.17) is 9.29 Å². The largest absolute Gasteiger partial charge is 0.459 e. The van der Waals surface area contributed by atoms with Crippen molar-refractivity contribution in [2.45, 2.75) is 6.61 Å². The van der Waals surface area contributed by atoms with E-state index in [-0.39, 0.29) is 38.7 Å². The molecule has 7 heteroatoms. The third-order valence-corrected chi connectivity index (χ3v) is 2.17. The average molecular weight is 396 g/mol. The SMILES string of the molecule is CS(=O)(=O)O.O=C(OCc1ccccc1)c1cc[c-]cc1.[Y]. The van der Waals surface area contributed by atoms with Gasteiger partial charge in [-0.3, -0.25) is 4.55 Å². The molecule has 0 bridgehead atoms. The van der Waals surface area contributed by atoms with Crippen LogP contribution >= 0.6 is 0 Å². The van der Waals surface area contributed by atoms with E-state index in [0.717, 1.165) is 5.56 Å². The van der Waals surface area contributed by atoms with Crippen molar-refractivity contribution in [2.24, 2.45) is 0 Å². The molecule has 1 radical (unpaired) electrons. The zero-order valence-electron chi connectivity index (χ0n) is 12.0. The van der Waals surface area contributed by atoms with Gasteiger partial charge in [0.15, 0.2) is 0 Å². The summed E-state index contributed by atoms with van der Waals surface area (Å²) in [6.07, 6.45) is 0.715. The molecule has 0 fully saturated rings. The summed E-state index contributed by atoms with van der Waals surface area (Å²) in [5.74, 6) is -0.308. The van der Waals surface area contributed by atoms with Gasteiger partial charge in [0, 0.05) is 32.7 Å². The van der Waals surface area contributed by atoms with E-state index in [1.54, 1.807) is 24.3 Å². The van der Waals surface area contributed by atoms with Gasteiger partial charge in [-0.15, -0.1) is 0 Å². The summed E-state index contributed by atoms with van der Waals surface area (Å²) in [6.45, 7) is 0.304. The Morgan fingerprint density at radius 3 is 2.14 bits per heavy atom. The minimum atomic E-state index is -3.67. The molecule has 5 nitrogen and oxygen atoms in total. The number of esters is 1. The van der Waals surface area contributed by atoms with Crippen LogP contribution in [0.25, 0.3) is 0 Å². The van der Waals surface area contributed by atoms with Crippen molar-refractivity contribution >= 4 is 16.1 Å². The number of hydrogen-bond donors (Lipinski definition) is 1. The maximum Gasteiger partial charge on any atom is 0.313 e.